The number of carbonyl (C=O) groups excluding carboxylic acids is 2. The van der Waals surface area contributed by atoms with Gasteiger partial charge in [0.1, 0.15) is 17.2 Å². The Morgan fingerprint density at radius 1 is 1.03 bits per heavy atom. The van der Waals surface area contributed by atoms with Crippen molar-refractivity contribution in [2.45, 2.75) is 26.3 Å². The van der Waals surface area contributed by atoms with Gasteiger partial charge in [-0.05, 0) is 49.6 Å². The van der Waals surface area contributed by atoms with Crippen molar-refractivity contribution in [3.63, 3.8) is 0 Å². The Morgan fingerprint density at radius 3 is 2.50 bits per heavy atom. The van der Waals surface area contributed by atoms with Crippen LogP contribution in [0.25, 0.3) is 0 Å². The van der Waals surface area contributed by atoms with E-state index in [1.54, 1.807) is 44.4 Å². The van der Waals surface area contributed by atoms with Crippen molar-refractivity contribution in [2.75, 3.05) is 39.7 Å². The summed E-state index contributed by atoms with van der Waals surface area (Å²) in [5.41, 5.74) is 0.802. The van der Waals surface area contributed by atoms with Crippen LogP contribution in [0.5, 0.6) is 17.2 Å². The molecule has 1 fully saturated rings. The molecule has 1 unspecified atom stereocenters. The molecule has 8 nitrogen and oxygen atoms in total. The zero-order valence-corrected chi connectivity index (χ0v) is 19.1. The van der Waals surface area contributed by atoms with Gasteiger partial charge in [0, 0.05) is 25.7 Å². The predicted molar refractivity (Wildman–Crippen MR) is 122 cm³/mol. The van der Waals surface area contributed by atoms with Gasteiger partial charge in [0.2, 0.25) is 5.91 Å². The summed E-state index contributed by atoms with van der Waals surface area (Å²) in [4.78, 5) is 27.7. The van der Waals surface area contributed by atoms with Crippen molar-refractivity contribution in [3.05, 3.63) is 48.0 Å². The van der Waals surface area contributed by atoms with Gasteiger partial charge in [0.25, 0.3) is 0 Å². The second-order valence-corrected chi connectivity index (χ2v) is 8.12. The van der Waals surface area contributed by atoms with Crippen molar-refractivity contribution in [2.24, 2.45) is 5.41 Å². The minimum Gasteiger partial charge on any atom is -0.497 e. The summed E-state index contributed by atoms with van der Waals surface area (Å²) in [7, 11) is 4.72. The number of nitrogens with zero attached hydrogens (tertiary/aromatic N) is 1. The molecule has 0 radical (unpaired) electrons. The van der Waals surface area contributed by atoms with Crippen molar-refractivity contribution >= 4 is 17.6 Å². The smallest absolute Gasteiger partial charge is 0.321 e. The SMILES string of the molecule is COc1cccc(CNC(=O)C2(C)CCCN(C(=O)Nc3cc(OC)ccc3OC)C2)c1. The molecule has 0 aliphatic carbocycles. The third-order valence-electron chi connectivity index (χ3n) is 5.77. The fourth-order valence-corrected chi connectivity index (χ4v) is 3.88. The first-order valence-electron chi connectivity index (χ1n) is 10.6. The van der Waals surface area contributed by atoms with E-state index in [9.17, 15) is 9.59 Å². The Balaban J connectivity index is 1.64. The van der Waals surface area contributed by atoms with E-state index in [-0.39, 0.29) is 11.9 Å². The molecule has 172 valence electrons. The monoisotopic (exact) mass is 441 g/mol. The molecule has 1 heterocycles. The molecule has 1 saturated heterocycles. The number of ether oxygens (including phenoxy) is 3. The van der Waals surface area contributed by atoms with Crippen LogP contribution in [0.15, 0.2) is 42.5 Å². The van der Waals surface area contributed by atoms with Crippen molar-refractivity contribution in [1.82, 2.24) is 10.2 Å². The first-order chi connectivity index (χ1) is 15.4. The van der Waals surface area contributed by atoms with Crippen LogP contribution in [0.4, 0.5) is 10.5 Å². The molecule has 0 aromatic heterocycles. The summed E-state index contributed by atoms with van der Waals surface area (Å²) >= 11 is 0. The molecule has 2 aromatic carbocycles. The van der Waals surface area contributed by atoms with E-state index in [0.717, 1.165) is 17.7 Å². The Kier molecular flexibility index (Phi) is 7.45. The van der Waals surface area contributed by atoms with Crippen molar-refractivity contribution < 1.29 is 23.8 Å². The number of hydrogen-bond donors (Lipinski definition) is 2. The summed E-state index contributed by atoms with van der Waals surface area (Å²) in [5.74, 6) is 1.82. The van der Waals surface area contributed by atoms with Gasteiger partial charge in [-0.15, -0.1) is 0 Å². The largest absolute Gasteiger partial charge is 0.497 e. The van der Waals surface area contributed by atoms with Crippen LogP contribution in [-0.2, 0) is 11.3 Å². The first kappa shape index (κ1) is 23.2. The van der Waals surface area contributed by atoms with E-state index >= 15 is 0 Å². The summed E-state index contributed by atoms with van der Waals surface area (Å²) in [5, 5.41) is 5.90. The molecular formula is C24H31N3O5. The number of hydrogen-bond acceptors (Lipinski definition) is 5. The van der Waals surface area contributed by atoms with Gasteiger partial charge < -0.3 is 29.7 Å². The Hall–Kier alpha value is -3.42. The summed E-state index contributed by atoms with van der Waals surface area (Å²) in [6.07, 6.45) is 1.45. The number of urea groups is 1. The van der Waals surface area contributed by atoms with Gasteiger partial charge >= 0.3 is 6.03 Å². The molecule has 0 bridgehead atoms. The van der Waals surface area contributed by atoms with Gasteiger partial charge in [0.15, 0.2) is 0 Å². The molecule has 3 rings (SSSR count). The van der Waals surface area contributed by atoms with Crippen molar-refractivity contribution in [3.8, 4) is 17.2 Å². The third-order valence-corrected chi connectivity index (χ3v) is 5.77. The maximum atomic E-state index is 13.0. The van der Waals surface area contributed by atoms with Crippen LogP contribution in [0.3, 0.4) is 0 Å². The lowest BCUT2D eigenvalue weighted by Crippen LogP contribution is -2.52. The lowest BCUT2D eigenvalue weighted by Gasteiger charge is -2.39. The second-order valence-electron chi connectivity index (χ2n) is 8.12. The molecule has 2 N–H and O–H groups in total. The Labute approximate surface area is 188 Å². The van der Waals surface area contributed by atoms with Crippen LogP contribution in [0.1, 0.15) is 25.3 Å². The van der Waals surface area contributed by atoms with Gasteiger partial charge in [-0.3, -0.25) is 4.79 Å². The Bertz CT molecular complexity index is 964. The summed E-state index contributed by atoms with van der Waals surface area (Å²) in [6, 6.07) is 12.5. The standard InChI is InChI=1S/C24H31N3O5/c1-24(22(28)25-15-17-7-5-8-18(13-17)30-2)11-6-12-27(16-24)23(29)26-20-14-19(31-3)9-10-21(20)32-4/h5,7-10,13-14H,6,11-12,15-16H2,1-4H3,(H,25,28)(H,26,29). The molecule has 1 atom stereocenters. The number of benzene rings is 2. The number of amides is 3. The minimum atomic E-state index is -0.674. The number of methoxy groups -OCH3 is 3. The molecule has 32 heavy (non-hydrogen) atoms. The van der Waals surface area contributed by atoms with E-state index < -0.39 is 5.41 Å². The minimum absolute atomic E-state index is 0.0724. The van der Waals surface area contributed by atoms with Crippen LogP contribution >= 0.6 is 0 Å². The van der Waals surface area contributed by atoms with E-state index in [4.69, 9.17) is 14.2 Å². The highest BCUT2D eigenvalue weighted by molar-refractivity contribution is 5.92. The highest BCUT2D eigenvalue weighted by atomic mass is 16.5. The predicted octanol–water partition coefficient (Wildman–Crippen LogP) is 3.66. The van der Waals surface area contributed by atoms with Crippen LogP contribution in [-0.4, -0.2) is 51.3 Å². The molecule has 2 aromatic rings. The first-order valence-corrected chi connectivity index (χ1v) is 10.6. The quantitative estimate of drug-likeness (QED) is 0.685. The topological polar surface area (TPSA) is 89.1 Å². The molecule has 1 aliphatic rings. The van der Waals surface area contributed by atoms with Crippen LogP contribution in [0, 0.1) is 5.41 Å². The van der Waals surface area contributed by atoms with E-state index in [1.807, 2.05) is 31.2 Å². The second kappa shape index (κ2) is 10.3. The van der Waals surface area contributed by atoms with Gasteiger partial charge in [-0.25, -0.2) is 4.79 Å². The highest BCUT2D eigenvalue weighted by Gasteiger charge is 2.39. The van der Waals surface area contributed by atoms with Crippen molar-refractivity contribution in [1.29, 1.82) is 0 Å². The zero-order valence-electron chi connectivity index (χ0n) is 19.1. The fourth-order valence-electron chi connectivity index (χ4n) is 3.88. The number of piperidine rings is 1. The lowest BCUT2D eigenvalue weighted by molar-refractivity contribution is -0.132. The molecule has 8 heteroatoms. The van der Waals surface area contributed by atoms with Gasteiger partial charge in [0.05, 0.1) is 32.4 Å². The van der Waals surface area contributed by atoms with E-state index in [1.165, 1.54) is 0 Å². The zero-order chi connectivity index (χ0) is 23.1. The maximum absolute atomic E-state index is 13.0. The van der Waals surface area contributed by atoms with Crippen LogP contribution < -0.4 is 24.8 Å². The van der Waals surface area contributed by atoms with Gasteiger partial charge in [-0.2, -0.15) is 0 Å². The maximum Gasteiger partial charge on any atom is 0.321 e. The normalized spacial score (nSPS) is 17.9. The number of rotatable bonds is 7. The van der Waals surface area contributed by atoms with E-state index in [0.29, 0.717) is 43.2 Å². The molecule has 3 amide bonds. The number of carbonyl (C=O) groups is 2. The lowest BCUT2D eigenvalue weighted by atomic mass is 9.81. The molecular weight excluding hydrogens is 410 g/mol. The number of anilines is 1. The number of nitrogens with one attached hydrogen (secondary N) is 2. The fraction of sp³-hybridized carbons (Fsp3) is 0.417. The van der Waals surface area contributed by atoms with Crippen LogP contribution in [0.2, 0.25) is 0 Å². The highest BCUT2D eigenvalue weighted by Crippen LogP contribution is 2.32. The Morgan fingerprint density at radius 2 is 1.78 bits per heavy atom. The molecule has 1 aliphatic heterocycles. The molecule has 0 spiro atoms. The third kappa shape index (κ3) is 5.43. The van der Waals surface area contributed by atoms with Gasteiger partial charge in [-0.1, -0.05) is 12.1 Å². The molecule has 0 saturated carbocycles. The average molecular weight is 442 g/mol. The number of likely N-dealkylation sites (tertiary alicyclic amines) is 1. The summed E-state index contributed by atoms with van der Waals surface area (Å²) < 4.78 is 15.8. The average Bonchev–Trinajstić information content (AvgIpc) is 2.82. The summed E-state index contributed by atoms with van der Waals surface area (Å²) in [6.45, 7) is 3.21. The van der Waals surface area contributed by atoms with E-state index in [2.05, 4.69) is 10.6 Å².